The monoisotopic (exact) mass is 458 g/mol. The zero-order chi connectivity index (χ0) is 24.7. The molecule has 0 bridgehead atoms. The third-order valence-electron chi connectivity index (χ3n) is 6.06. The topological polar surface area (TPSA) is 76.1 Å². The first-order valence-electron chi connectivity index (χ1n) is 12.1. The highest BCUT2D eigenvalue weighted by Gasteiger charge is 2.17. The number of rotatable bonds is 9. The number of nitriles is 1. The number of ether oxygens (including phenoxy) is 1. The number of hydrogen-bond donors (Lipinski definition) is 0. The molecule has 1 unspecified atom stereocenters. The van der Waals surface area contributed by atoms with Crippen molar-refractivity contribution >= 4 is 23.1 Å². The number of fused-ring (bicyclic) bond motifs is 1. The van der Waals surface area contributed by atoms with Gasteiger partial charge in [0, 0.05) is 5.56 Å². The van der Waals surface area contributed by atoms with Crippen molar-refractivity contribution in [2.75, 3.05) is 6.61 Å². The van der Waals surface area contributed by atoms with E-state index in [1.165, 1.54) is 5.56 Å². The second-order valence-electron chi connectivity index (χ2n) is 9.76. The third-order valence-corrected chi connectivity index (χ3v) is 6.06. The quantitative estimate of drug-likeness (QED) is 0.189. The highest BCUT2D eigenvalue weighted by Crippen LogP contribution is 2.29. The van der Waals surface area contributed by atoms with Crippen LogP contribution in [0.5, 0.6) is 0 Å². The van der Waals surface area contributed by atoms with Gasteiger partial charge in [0.15, 0.2) is 5.58 Å². The van der Waals surface area contributed by atoms with E-state index in [0.29, 0.717) is 18.4 Å². The summed E-state index contributed by atoms with van der Waals surface area (Å²) in [7, 11) is 0. The van der Waals surface area contributed by atoms with Gasteiger partial charge < -0.3 is 9.15 Å². The average molecular weight is 459 g/mol. The Morgan fingerprint density at radius 1 is 1.18 bits per heavy atom. The maximum atomic E-state index is 12.4. The van der Waals surface area contributed by atoms with Gasteiger partial charge in [-0.15, -0.1) is 0 Å². The molecule has 0 aliphatic heterocycles. The van der Waals surface area contributed by atoms with Gasteiger partial charge in [0.1, 0.15) is 17.2 Å². The molecule has 3 aromatic rings. The van der Waals surface area contributed by atoms with E-state index in [0.717, 1.165) is 47.9 Å². The summed E-state index contributed by atoms with van der Waals surface area (Å²) < 4.78 is 11.4. The minimum absolute atomic E-state index is 0.00494. The van der Waals surface area contributed by atoms with Crippen LogP contribution in [0, 0.1) is 17.2 Å². The van der Waals surface area contributed by atoms with Crippen molar-refractivity contribution in [1.82, 2.24) is 4.98 Å². The van der Waals surface area contributed by atoms with Crippen molar-refractivity contribution in [1.29, 1.82) is 5.26 Å². The van der Waals surface area contributed by atoms with E-state index in [2.05, 4.69) is 51.7 Å². The Kier molecular flexibility index (Phi) is 8.28. The molecule has 0 aliphatic carbocycles. The van der Waals surface area contributed by atoms with Crippen molar-refractivity contribution in [3.63, 3.8) is 0 Å². The van der Waals surface area contributed by atoms with Gasteiger partial charge in [0.2, 0.25) is 5.89 Å². The highest BCUT2D eigenvalue weighted by atomic mass is 16.5. The molecule has 3 rings (SSSR count). The maximum Gasteiger partial charge on any atom is 0.348 e. The van der Waals surface area contributed by atoms with Crippen LogP contribution >= 0.6 is 0 Å². The molecule has 0 fully saturated rings. The number of benzene rings is 2. The smallest absolute Gasteiger partial charge is 0.348 e. The van der Waals surface area contributed by atoms with Gasteiger partial charge in [-0.2, -0.15) is 5.26 Å². The fourth-order valence-electron chi connectivity index (χ4n) is 3.71. The van der Waals surface area contributed by atoms with Crippen LogP contribution < -0.4 is 0 Å². The van der Waals surface area contributed by atoms with Crippen LogP contribution in [0.1, 0.15) is 71.4 Å². The molecule has 178 valence electrons. The second-order valence-corrected chi connectivity index (χ2v) is 9.76. The van der Waals surface area contributed by atoms with E-state index < -0.39 is 5.97 Å². The molecule has 2 aromatic carbocycles. The first kappa shape index (κ1) is 25.2. The molecule has 0 saturated carbocycles. The summed E-state index contributed by atoms with van der Waals surface area (Å²) in [4.78, 5) is 17.1. The van der Waals surface area contributed by atoms with Gasteiger partial charge in [0.25, 0.3) is 0 Å². The van der Waals surface area contributed by atoms with Crippen molar-refractivity contribution in [2.24, 2.45) is 5.92 Å². The fraction of sp³-hybridized carbons (Fsp3) is 0.414. The Hall–Kier alpha value is -3.39. The highest BCUT2D eigenvalue weighted by molar-refractivity contribution is 5.97. The Morgan fingerprint density at radius 3 is 2.53 bits per heavy atom. The molecular formula is C29H34N2O3. The Labute approximate surface area is 202 Å². The number of aromatic nitrogens is 1. The number of hydrogen-bond acceptors (Lipinski definition) is 5. The number of nitrogens with zero attached hydrogens (tertiary/aromatic N) is 2. The van der Waals surface area contributed by atoms with Gasteiger partial charge in [-0.05, 0) is 59.2 Å². The largest absolute Gasteiger partial charge is 0.461 e. The van der Waals surface area contributed by atoms with Crippen LogP contribution in [0.4, 0.5) is 0 Å². The molecule has 1 atom stereocenters. The molecule has 0 N–H and O–H groups in total. The summed E-state index contributed by atoms with van der Waals surface area (Å²) in [6.07, 6.45) is 5.77. The lowest BCUT2D eigenvalue weighted by atomic mass is 9.87. The Balaban J connectivity index is 1.72. The van der Waals surface area contributed by atoms with E-state index >= 15 is 0 Å². The van der Waals surface area contributed by atoms with Crippen LogP contribution in [0.15, 0.2) is 52.5 Å². The summed E-state index contributed by atoms with van der Waals surface area (Å²) in [5.41, 5.74) is 4.36. The number of esters is 1. The van der Waals surface area contributed by atoms with E-state index in [1.807, 2.05) is 36.4 Å². The van der Waals surface area contributed by atoms with Crippen LogP contribution in [0.25, 0.3) is 28.6 Å². The van der Waals surface area contributed by atoms with Crippen molar-refractivity contribution in [2.45, 2.75) is 65.7 Å². The number of oxazole rings is 1. The van der Waals surface area contributed by atoms with E-state index in [-0.39, 0.29) is 11.0 Å². The standard InChI is InChI=1S/C29H34N2O3/c1-6-8-9-20(7-2)19-33-28(32)23(18-30)16-21-10-12-22(13-11-21)27-31-25-17-24(29(3,4)5)14-15-26(25)34-27/h10-17,20H,6-9,19H2,1-5H3/b23-16-. The van der Waals surface area contributed by atoms with Gasteiger partial charge >= 0.3 is 5.97 Å². The van der Waals surface area contributed by atoms with Gasteiger partial charge in [-0.1, -0.05) is 72.1 Å². The normalized spacial score (nSPS) is 13.0. The van der Waals surface area contributed by atoms with Crippen molar-refractivity contribution in [3.8, 4) is 17.5 Å². The molecule has 0 aliphatic rings. The maximum absolute atomic E-state index is 12.4. The molecule has 0 saturated heterocycles. The number of unbranched alkanes of at least 4 members (excludes halogenated alkanes) is 1. The van der Waals surface area contributed by atoms with E-state index in [1.54, 1.807) is 6.08 Å². The van der Waals surface area contributed by atoms with Crippen LogP contribution in [-0.4, -0.2) is 17.6 Å². The van der Waals surface area contributed by atoms with Crippen LogP contribution in [0.3, 0.4) is 0 Å². The molecule has 1 heterocycles. The summed E-state index contributed by atoms with van der Waals surface area (Å²) >= 11 is 0. The van der Waals surface area contributed by atoms with Crippen molar-refractivity contribution < 1.29 is 13.9 Å². The van der Waals surface area contributed by atoms with E-state index in [4.69, 9.17) is 9.15 Å². The predicted molar refractivity (Wildman–Crippen MR) is 136 cm³/mol. The molecule has 34 heavy (non-hydrogen) atoms. The SMILES string of the molecule is CCCCC(CC)COC(=O)/C(C#N)=C\c1ccc(-c2nc3cc(C(C)(C)C)ccc3o2)cc1. The lowest BCUT2D eigenvalue weighted by molar-refractivity contribution is -0.139. The van der Waals surface area contributed by atoms with Gasteiger partial charge in [-0.3, -0.25) is 0 Å². The molecule has 1 aromatic heterocycles. The van der Waals surface area contributed by atoms with Crippen molar-refractivity contribution in [3.05, 3.63) is 59.2 Å². The number of carbonyl (C=O) groups excluding carboxylic acids is 1. The number of carbonyl (C=O) groups is 1. The Morgan fingerprint density at radius 2 is 1.91 bits per heavy atom. The molecule has 0 spiro atoms. The predicted octanol–water partition coefficient (Wildman–Crippen LogP) is 7.46. The lowest BCUT2D eigenvalue weighted by Gasteiger charge is -2.18. The fourth-order valence-corrected chi connectivity index (χ4v) is 3.71. The van der Waals surface area contributed by atoms with Crippen LogP contribution in [0.2, 0.25) is 0 Å². The summed E-state index contributed by atoms with van der Waals surface area (Å²) in [5, 5.41) is 9.47. The van der Waals surface area contributed by atoms with E-state index in [9.17, 15) is 10.1 Å². The molecule has 5 nitrogen and oxygen atoms in total. The van der Waals surface area contributed by atoms with Gasteiger partial charge in [0.05, 0.1) is 6.61 Å². The van der Waals surface area contributed by atoms with Gasteiger partial charge in [-0.25, -0.2) is 9.78 Å². The Bertz CT molecular complexity index is 1190. The molecular weight excluding hydrogens is 424 g/mol. The molecule has 5 heteroatoms. The summed E-state index contributed by atoms with van der Waals surface area (Å²) in [6, 6.07) is 15.5. The lowest BCUT2D eigenvalue weighted by Crippen LogP contribution is -2.15. The first-order valence-corrected chi connectivity index (χ1v) is 12.1. The minimum Gasteiger partial charge on any atom is -0.461 e. The second kappa shape index (κ2) is 11.2. The minimum atomic E-state index is -0.574. The zero-order valence-electron chi connectivity index (χ0n) is 20.9. The first-order chi connectivity index (χ1) is 16.2. The summed E-state index contributed by atoms with van der Waals surface area (Å²) in [6.45, 7) is 11.1. The zero-order valence-corrected chi connectivity index (χ0v) is 20.9. The third kappa shape index (κ3) is 6.35. The molecule has 0 radical (unpaired) electrons. The summed E-state index contributed by atoms with van der Waals surface area (Å²) in [5.74, 6) is 0.295. The van der Waals surface area contributed by atoms with Crippen LogP contribution in [-0.2, 0) is 14.9 Å². The molecule has 0 amide bonds. The average Bonchev–Trinajstić information content (AvgIpc) is 3.26.